The molecule has 1 rings (SSSR count). The normalized spacial score (nSPS) is 9.00. The van der Waals surface area contributed by atoms with Crippen LogP contribution in [-0.2, 0) is 0 Å². The molecular weight excluding hydrogens is 118 g/mol. The minimum atomic E-state index is 0.0625. The molecule has 1 aromatic rings. The first-order chi connectivity index (χ1) is 4.34. The maximum absolute atomic E-state index is 8.91. The van der Waals surface area contributed by atoms with Crippen LogP contribution in [0.4, 0.5) is 0 Å². The minimum Gasteiger partial charge on any atom is -0.504 e. The van der Waals surface area contributed by atoms with Crippen LogP contribution in [0.15, 0.2) is 12.3 Å². The van der Waals surface area contributed by atoms with Gasteiger partial charge in [0.1, 0.15) is 6.20 Å². The van der Waals surface area contributed by atoms with Crippen molar-refractivity contribution in [3.63, 3.8) is 0 Å². The fraction of sp³-hybridized carbons (Fsp3) is 0.167. The molecule has 0 spiro atoms. The van der Waals surface area contributed by atoms with E-state index >= 15 is 0 Å². The molecule has 0 bridgehead atoms. The quantitative estimate of drug-likeness (QED) is 0.596. The molecule has 0 aromatic carbocycles. The van der Waals surface area contributed by atoms with Gasteiger partial charge >= 0.3 is 0 Å². The van der Waals surface area contributed by atoms with E-state index in [-0.39, 0.29) is 11.5 Å². The Morgan fingerprint density at radius 2 is 2.56 bits per heavy atom. The van der Waals surface area contributed by atoms with E-state index in [4.69, 9.17) is 5.11 Å². The monoisotopic (exact) mass is 124 g/mol. The molecule has 0 saturated heterocycles. The van der Waals surface area contributed by atoms with Gasteiger partial charge in [-0.3, -0.25) is 4.98 Å². The number of hydrogen-bond acceptors (Lipinski definition) is 3. The van der Waals surface area contributed by atoms with Gasteiger partial charge in [-0.05, 0) is 0 Å². The SMILES string of the molecule is COc1[c]nccc1O. The van der Waals surface area contributed by atoms with Gasteiger partial charge in [0.2, 0.25) is 0 Å². The Morgan fingerprint density at radius 3 is 3.00 bits per heavy atom. The van der Waals surface area contributed by atoms with Gasteiger partial charge in [0.15, 0.2) is 11.5 Å². The van der Waals surface area contributed by atoms with E-state index in [1.54, 1.807) is 0 Å². The predicted molar refractivity (Wildman–Crippen MR) is 31.3 cm³/mol. The summed E-state index contributed by atoms with van der Waals surface area (Å²) in [6, 6.07) is 1.44. The van der Waals surface area contributed by atoms with E-state index in [0.717, 1.165) is 0 Å². The average Bonchev–Trinajstić information content (AvgIpc) is 1.89. The van der Waals surface area contributed by atoms with Crippen molar-refractivity contribution in [1.29, 1.82) is 0 Å². The van der Waals surface area contributed by atoms with Crippen LogP contribution in [0.3, 0.4) is 0 Å². The lowest BCUT2D eigenvalue weighted by atomic mass is 10.4. The Kier molecular flexibility index (Phi) is 1.53. The summed E-state index contributed by atoms with van der Waals surface area (Å²) in [4.78, 5) is 3.61. The molecule has 9 heavy (non-hydrogen) atoms. The first-order valence-electron chi connectivity index (χ1n) is 2.44. The third-order valence-corrected chi connectivity index (χ3v) is 0.910. The Labute approximate surface area is 52.9 Å². The molecule has 3 heteroatoms. The molecular formula is C6H6NO2. The molecule has 0 fully saturated rings. The number of rotatable bonds is 1. The maximum Gasteiger partial charge on any atom is 0.188 e. The van der Waals surface area contributed by atoms with Crippen molar-refractivity contribution in [2.75, 3.05) is 7.11 Å². The second-order valence-corrected chi connectivity index (χ2v) is 1.48. The highest BCUT2D eigenvalue weighted by atomic mass is 16.5. The Balaban J connectivity index is 3.01. The molecule has 1 aromatic heterocycles. The van der Waals surface area contributed by atoms with E-state index in [1.807, 2.05) is 0 Å². The summed E-state index contributed by atoms with van der Waals surface area (Å²) in [7, 11) is 1.45. The number of nitrogens with zero attached hydrogens (tertiary/aromatic N) is 1. The van der Waals surface area contributed by atoms with Crippen LogP contribution in [0, 0.1) is 6.20 Å². The molecule has 1 heterocycles. The Bertz CT molecular complexity index is 200. The van der Waals surface area contributed by atoms with Gasteiger partial charge in [-0.2, -0.15) is 0 Å². The number of hydrogen-bond donors (Lipinski definition) is 1. The second-order valence-electron chi connectivity index (χ2n) is 1.48. The third kappa shape index (κ3) is 1.10. The van der Waals surface area contributed by atoms with Gasteiger partial charge in [0.25, 0.3) is 0 Å². The zero-order valence-corrected chi connectivity index (χ0v) is 4.96. The first kappa shape index (κ1) is 5.88. The minimum absolute atomic E-state index is 0.0625. The molecule has 3 nitrogen and oxygen atoms in total. The van der Waals surface area contributed by atoms with Gasteiger partial charge < -0.3 is 9.84 Å². The summed E-state index contributed by atoms with van der Waals surface area (Å²) < 4.78 is 4.68. The maximum atomic E-state index is 8.91. The molecule has 1 N–H and O–H groups in total. The van der Waals surface area contributed by atoms with E-state index in [9.17, 15) is 0 Å². The van der Waals surface area contributed by atoms with Gasteiger partial charge in [-0.1, -0.05) is 0 Å². The van der Waals surface area contributed by atoms with E-state index in [1.165, 1.54) is 19.4 Å². The van der Waals surface area contributed by atoms with Crippen LogP contribution in [-0.4, -0.2) is 17.2 Å². The van der Waals surface area contributed by atoms with Crippen LogP contribution in [0.1, 0.15) is 0 Å². The van der Waals surface area contributed by atoms with Crippen molar-refractivity contribution in [2.24, 2.45) is 0 Å². The summed E-state index contributed by atoms with van der Waals surface area (Å²) in [5.74, 6) is 0.338. The fourth-order valence-electron chi connectivity index (χ4n) is 0.487. The molecule has 47 valence electrons. The van der Waals surface area contributed by atoms with Crippen molar-refractivity contribution in [3.05, 3.63) is 18.5 Å². The molecule has 0 unspecified atom stereocenters. The summed E-state index contributed by atoms with van der Waals surface area (Å²) in [6.45, 7) is 0. The van der Waals surface area contributed by atoms with Gasteiger partial charge in [-0.15, -0.1) is 0 Å². The molecule has 0 aliphatic carbocycles. The van der Waals surface area contributed by atoms with Crippen molar-refractivity contribution in [3.8, 4) is 11.5 Å². The number of aromatic hydroxyl groups is 1. The molecule has 0 aliphatic rings. The topological polar surface area (TPSA) is 42.4 Å². The standard InChI is InChI=1S/C6H6NO2/c1-9-6-4-7-3-2-5(6)8/h2-3H,1H3,(H,7,8). The van der Waals surface area contributed by atoms with Crippen molar-refractivity contribution in [2.45, 2.75) is 0 Å². The molecule has 0 atom stereocenters. The average molecular weight is 124 g/mol. The van der Waals surface area contributed by atoms with Crippen LogP contribution in [0.2, 0.25) is 0 Å². The molecule has 1 radical (unpaired) electrons. The summed E-state index contributed by atoms with van der Waals surface area (Å²) in [5, 5.41) is 8.91. The molecule has 0 aliphatic heterocycles. The van der Waals surface area contributed by atoms with Crippen molar-refractivity contribution in [1.82, 2.24) is 4.98 Å². The summed E-state index contributed by atoms with van der Waals surface area (Å²) in [5.41, 5.74) is 0. The van der Waals surface area contributed by atoms with Crippen LogP contribution < -0.4 is 4.74 Å². The largest absolute Gasteiger partial charge is 0.504 e. The predicted octanol–water partition coefficient (Wildman–Crippen LogP) is 0.596. The lowest BCUT2D eigenvalue weighted by molar-refractivity contribution is 0.370. The lowest BCUT2D eigenvalue weighted by Gasteiger charge is -1.97. The lowest BCUT2D eigenvalue weighted by Crippen LogP contribution is -1.83. The number of ether oxygens (including phenoxy) is 1. The first-order valence-corrected chi connectivity index (χ1v) is 2.44. The van der Waals surface area contributed by atoms with Crippen LogP contribution >= 0.6 is 0 Å². The highest BCUT2D eigenvalue weighted by Gasteiger charge is 1.96. The van der Waals surface area contributed by atoms with Gasteiger partial charge in [-0.25, -0.2) is 0 Å². The highest BCUT2D eigenvalue weighted by Crippen LogP contribution is 2.20. The smallest absolute Gasteiger partial charge is 0.188 e. The van der Waals surface area contributed by atoms with E-state index < -0.39 is 0 Å². The van der Waals surface area contributed by atoms with E-state index in [0.29, 0.717) is 0 Å². The summed E-state index contributed by atoms with van der Waals surface area (Å²) >= 11 is 0. The van der Waals surface area contributed by atoms with Gasteiger partial charge in [0, 0.05) is 12.3 Å². The molecule has 0 amide bonds. The molecule has 0 saturated carbocycles. The van der Waals surface area contributed by atoms with E-state index in [2.05, 4.69) is 15.9 Å². The van der Waals surface area contributed by atoms with Crippen LogP contribution in [0.25, 0.3) is 0 Å². The zero-order chi connectivity index (χ0) is 6.69. The number of pyridine rings is 1. The third-order valence-electron chi connectivity index (χ3n) is 0.910. The van der Waals surface area contributed by atoms with Crippen molar-refractivity contribution < 1.29 is 9.84 Å². The summed E-state index contributed by atoms with van der Waals surface area (Å²) in [6.07, 6.45) is 3.91. The zero-order valence-electron chi connectivity index (χ0n) is 4.96. The fourth-order valence-corrected chi connectivity index (χ4v) is 0.487. The Hall–Kier alpha value is -1.25. The second kappa shape index (κ2) is 2.35. The van der Waals surface area contributed by atoms with Crippen molar-refractivity contribution >= 4 is 0 Å². The number of aromatic nitrogens is 1. The van der Waals surface area contributed by atoms with Crippen LogP contribution in [0.5, 0.6) is 11.5 Å². The van der Waals surface area contributed by atoms with Gasteiger partial charge in [0.05, 0.1) is 7.11 Å². The Morgan fingerprint density at radius 1 is 1.78 bits per heavy atom. The number of methoxy groups -OCH3 is 1. The highest BCUT2D eigenvalue weighted by molar-refractivity contribution is 5.33.